The van der Waals surface area contributed by atoms with E-state index < -0.39 is 0 Å². The van der Waals surface area contributed by atoms with Gasteiger partial charge in [-0.1, -0.05) is 51.4 Å². The van der Waals surface area contributed by atoms with Gasteiger partial charge >= 0.3 is 5.97 Å². The molecule has 1 aromatic heterocycles. The molecule has 0 aliphatic carbocycles. The van der Waals surface area contributed by atoms with Gasteiger partial charge < -0.3 is 4.74 Å². The Bertz CT molecular complexity index is 384. The second kappa shape index (κ2) is 13.6. The van der Waals surface area contributed by atoms with Gasteiger partial charge in [-0.25, -0.2) is 0 Å². The van der Waals surface area contributed by atoms with Gasteiger partial charge in [-0.2, -0.15) is 12.6 Å². The zero-order chi connectivity index (χ0) is 15.9. The Morgan fingerprint density at radius 1 is 0.864 bits per heavy atom. The number of rotatable bonds is 13. The van der Waals surface area contributed by atoms with Crippen molar-refractivity contribution in [2.75, 3.05) is 5.75 Å². The van der Waals surface area contributed by atoms with Crippen LogP contribution in [-0.2, 0) is 4.79 Å². The number of carbonyl (C=O) groups excluding carboxylic acids is 1. The average molecular weight is 324 g/mol. The van der Waals surface area contributed by atoms with Crippen LogP contribution in [0.25, 0.3) is 0 Å². The number of hydrogen-bond acceptors (Lipinski definition) is 4. The molecule has 0 radical (unpaired) electrons. The van der Waals surface area contributed by atoms with Gasteiger partial charge in [0.15, 0.2) is 0 Å². The SMILES string of the molecule is O=C(CCCCCCCCCCCCS)Oc1ccncc1. The van der Waals surface area contributed by atoms with Crippen LogP contribution in [0.1, 0.15) is 70.6 Å². The van der Waals surface area contributed by atoms with Crippen molar-refractivity contribution in [3.8, 4) is 5.75 Å². The van der Waals surface area contributed by atoms with Gasteiger partial charge in [-0.15, -0.1) is 0 Å². The molecule has 0 spiro atoms. The maximum atomic E-state index is 11.6. The fourth-order valence-electron chi connectivity index (χ4n) is 2.38. The molecule has 1 heterocycles. The molecule has 0 fully saturated rings. The summed E-state index contributed by atoms with van der Waals surface area (Å²) in [5.41, 5.74) is 0. The number of nitrogens with zero attached hydrogens (tertiary/aromatic N) is 1. The Morgan fingerprint density at radius 3 is 1.91 bits per heavy atom. The molecule has 0 bridgehead atoms. The van der Waals surface area contributed by atoms with Crippen LogP contribution in [0.15, 0.2) is 24.5 Å². The summed E-state index contributed by atoms with van der Waals surface area (Å²) in [6.07, 6.45) is 16.2. The molecule has 0 saturated heterocycles. The van der Waals surface area contributed by atoms with Crippen molar-refractivity contribution in [1.29, 1.82) is 0 Å². The fourth-order valence-corrected chi connectivity index (χ4v) is 2.61. The van der Waals surface area contributed by atoms with Crippen molar-refractivity contribution >= 4 is 18.6 Å². The maximum absolute atomic E-state index is 11.6. The molecule has 3 nitrogen and oxygen atoms in total. The largest absolute Gasteiger partial charge is 0.426 e. The minimum absolute atomic E-state index is 0.143. The van der Waals surface area contributed by atoms with Crippen LogP contribution < -0.4 is 4.74 Å². The Balaban J connectivity index is 1.86. The van der Waals surface area contributed by atoms with Crippen molar-refractivity contribution < 1.29 is 9.53 Å². The summed E-state index contributed by atoms with van der Waals surface area (Å²) in [6.45, 7) is 0. The number of thiol groups is 1. The van der Waals surface area contributed by atoms with Crippen LogP contribution in [0, 0.1) is 0 Å². The summed E-state index contributed by atoms with van der Waals surface area (Å²) in [5.74, 6) is 1.46. The molecule has 0 amide bonds. The molecular formula is C18H29NO2S. The second-order valence-corrected chi connectivity index (χ2v) is 6.11. The minimum atomic E-state index is -0.143. The first-order valence-electron chi connectivity index (χ1n) is 8.54. The van der Waals surface area contributed by atoms with Gasteiger partial charge in [0.05, 0.1) is 0 Å². The molecule has 0 aliphatic rings. The highest BCUT2D eigenvalue weighted by atomic mass is 32.1. The molecule has 124 valence electrons. The highest BCUT2D eigenvalue weighted by Crippen LogP contribution is 2.13. The predicted molar refractivity (Wildman–Crippen MR) is 94.5 cm³/mol. The van der Waals surface area contributed by atoms with E-state index in [4.69, 9.17) is 4.74 Å². The van der Waals surface area contributed by atoms with E-state index in [0.29, 0.717) is 12.2 Å². The molecular weight excluding hydrogens is 294 g/mol. The van der Waals surface area contributed by atoms with E-state index in [9.17, 15) is 4.79 Å². The van der Waals surface area contributed by atoms with E-state index in [2.05, 4.69) is 17.6 Å². The summed E-state index contributed by atoms with van der Waals surface area (Å²) < 4.78 is 5.22. The highest BCUT2D eigenvalue weighted by Gasteiger charge is 2.04. The zero-order valence-electron chi connectivity index (χ0n) is 13.5. The molecule has 0 aliphatic heterocycles. The van der Waals surface area contributed by atoms with E-state index in [1.165, 1.54) is 51.4 Å². The van der Waals surface area contributed by atoms with Crippen LogP contribution in [-0.4, -0.2) is 16.7 Å². The number of carbonyl (C=O) groups is 1. The zero-order valence-corrected chi connectivity index (χ0v) is 14.4. The molecule has 0 aromatic carbocycles. The van der Waals surface area contributed by atoms with Crippen molar-refractivity contribution in [1.82, 2.24) is 4.98 Å². The number of aromatic nitrogens is 1. The van der Waals surface area contributed by atoms with Crippen LogP contribution >= 0.6 is 12.6 Å². The number of esters is 1. The van der Waals surface area contributed by atoms with E-state index in [1.807, 2.05) is 0 Å². The lowest BCUT2D eigenvalue weighted by atomic mass is 10.1. The molecule has 0 unspecified atom stereocenters. The Morgan fingerprint density at radius 2 is 1.36 bits per heavy atom. The lowest BCUT2D eigenvalue weighted by Gasteiger charge is -2.04. The Hall–Kier alpha value is -1.03. The molecule has 1 aromatic rings. The molecule has 22 heavy (non-hydrogen) atoms. The van der Waals surface area contributed by atoms with Gasteiger partial charge in [-0.3, -0.25) is 9.78 Å². The first-order chi connectivity index (χ1) is 10.8. The van der Waals surface area contributed by atoms with E-state index in [-0.39, 0.29) is 5.97 Å². The van der Waals surface area contributed by atoms with Gasteiger partial charge in [0.1, 0.15) is 5.75 Å². The lowest BCUT2D eigenvalue weighted by molar-refractivity contribution is -0.134. The predicted octanol–water partition coefficient (Wildman–Crippen LogP) is 5.21. The third kappa shape index (κ3) is 10.7. The van der Waals surface area contributed by atoms with Crippen molar-refractivity contribution in [2.45, 2.75) is 70.6 Å². The molecule has 1 rings (SSSR count). The second-order valence-electron chi connectivity index (χ2n) is 5.67. The van der Waals surface area contributed by atoms with E-state index >= 15 is 0 Å². The Labute approximate surface area is 140 Å². The third-order valence-corrected chi connectivity index (χ3v) is 3.99. The van der Waals surface area contributed by atoms with Crippen molar-refractivity contribution in [3.05, 3.63) is 24.5 Å². The molecule has 0 atom stereocenters. The Kier molecular flexibility index (Phi) is 11.8. The topological polar surface area (TPSA) is 39.2 Å². The minimum Gasteiger partial charge on any atom is -0.426 e. The number of ether oxygens (including phenoxy) is 1. The standard InChI is InChI=1S/C18H29NO2S/c20-18(21-17-12-14-19-15-13-17)11-9-7-5-3-1-2-4-6-8-10-16-22/h12-15,22H,1-11,16H2. The van der Waals surface area contributed by atoms with E-state index in [0.717, 1.165) is 18.6 Å². The average Bonchev–Trinajstić information content (AvgIpc) is 2.53. The normalized spacial score (nSPS) is 10.6. The fraction of sp³-hybridized carbons (Fsp3) is 0.667. The quantitative estimate of drug-likeness (QED) is 0.308. The number of unbranched alkanes of at least 4 members (excludes halogenated alkanes) is 9. The van der Waals surface area contributed by atoms with Gasteiger partial charge in [0.2, 0.25) is 0 Å². The molecule has 0 N–H and O–H groups in total. The van der Waals surface area contributed by atoms with Crippen LogP contribution in [0.3, 0.4) is 0 Å². The maximum Gasteiger partial charge on any atom is 0.311 e. The monoisotopic (exact) mass is 323 g/mol. The summed E-state index contributed by atoms with van der Waals surface area (Å²) in [5, 5.41) is 0. The molecule has 0 saturated carbocycles. The summed E-state index contributed by atoms with van der Waals surface area (Å²) in [6, 6.07) is 3.41. The third-order valence-electron chi connectivity index (χ3n) is 3.67. The highest BCUT2D eigenvalue weighted by molar-refractivity contribution is 7.80. The van der Waals surface area contributed by atoms with Crippen LogP contribution in [0.4, 0.5) is 0 Å². The first-order valence-corrected chi connectivity index (χ1v) is 9.18. The van der Waals surface area contributed by atoms with Gasteiger partial charge in [0.25, 0.3) is 0 Å². The first kappa shape index (κ1) is 19.0. The lowest BCUT2D eigenvalue weighted by Crippen LogP contribution is -2.07. The van der Waals surface area contributed by atoms with Crippen LogP contribution in [0.2, 0.25) is 0 Å². The smallest absolute Gasteiger partial charge is 0.311 e. The van der Waals surface area contributed by atoms with Crippen molar-refractivity contribution in [2.24, 2.45) is 0 Å². The number of hydrogen-bond donors (Lipinski definition) is 1. The van der Waals surface area contributed by atoms with Gasteiger partial charge in [-0.05, 0) is 30.7 Å². The summed E-state index contributed by atoms with van der Waals surface area (Å²) in [7, 11) is 0. The van der Waals surface area contributed by atoms with Crippen molar-refractivity contribution in [3.63, 3.8) is 0 Å². The summed E-state index contributed by atoms with van der Waals surface area (Å²) >= 11 is 4.22. The summed E-state index contributed by atoms with van der Waals surface area (Å²) in [4.78, 5) is 15.5. The van der Waals surface area contributed by atoms with Crippen LogP contribution in [0.5, 0.6) is 5.75 Å². The van der Waals surface area contributed by atoms with Gasteiger partial charge in [0, 0.05) is 18.8 Å². The number of pyridine rings is 1. The van der Waals surface area contributed by atoms with E-state index in [1.54, 1.807) is 24.5 Å². The molecule has 4 heteroatoms.